The molecule has 1 fully saturated rings. The molecule has 2 amide bonds. The quantitative estimate of drug-likeness (QED) is 0.824. The van der Waals surface area contributed by atoms with E-state index in [-0.39, 0.29) is 18.4 Å². The predicted octanol–water partition coefficient (Wildman–Crippen LogP) is 1.01. The Kier molecular flexibility index (Phi) is 3.45. The van der Waals surface area contributed by atoms with E-state index < -0.39 is 6.10 Å². The summed E-state index contributed by atoms with van der Waals surface area (Å²) in [6.07, 6.45) is 1.45. The number of carbonyl (C=O) groups is 2. The normalized spacial score (nSPS) is 21.2. The number of nitrogen functional groups attached to an aromatic ring is 1. The Morgan fingerprint density at radius 1 is 1.38 bits per heavy atom. The van der Waals surface area contributed by atoms with Crippen LogP contribution in [0.5, 0.6) is 5.75 Å². The molecule has 6 nitrogen and oxygen atoms in total. The lowest BCUT2D eigenvalue weighted by atomic mass is 10.1. The van der Waals surface area contributed by atoms with E-state index in [4.69, 9.17) is 10.5 Å². The number of anilines is 2. The van der Waals surface area contributed by atoms with Crippen LogP contribution in [-0.4, -0.2) is 42.5 Å². The van der Waals surface area contributed by atoms with Gasteiger partial charge in [-0.15, -0.1) is 0 Å². The van der Waals surface area contributed by atoms with E-state index in [0.29, 0.717) is 17.1 Å². The number of amides is 2. The van der Waals surface area contributed by atoms with Crippen molar-refractivity contribution in [3.05, 3.63) is 18.2 Å². The number of hydrogen-bond donors (Lipinski definition) is 1. The number of likely N-dealkylation sites (tertiary alicyclic amines) is 1. The SMILES string of the molecule is CC1Oc2cccc(N)c2N(CC(=O)N2CCCC2)C1=O. The third kappa shape index (κ3) is 2.41. The highest BCUT2D eigenvalue weighted by Crippen LogP contribution is 2.38. The lowest BCUT2D eigenvalue weighted by Gasteiger charge is -2.34. The number of para-hydroxylation sites is 1. The minimum Gasteiger partial charge on any atom is -0.479 e. The average molecular weight is 289 g/mol. The van der Waals surface area contributed by atoms with E-state index in [9.17, 15) is 9.59 Å². The highest BCUT2D eigenvalue weighted by Gasteiger charge is 2.35. The summed E-state index contributed by atoms with van der Waals surface area (Å²) < 4.78 is 5.57. The summed E-state index contributed by atoms with van der Waals surface area (Å²) in [5.41, 5.74) is 6.92. The second-order valence-corrected chi connectivity index (χ2v) is 5.47. The van der Waals surface area contributed by atoms with Gasteiger partial charge in [-0.1, -0.05) is 6.07 Å². The van der Waals surface area contributed by atoms with Gasteiger partial charge in [0, 0.05) is 13.1 Å². The molecule has 0 saturated carbocycles. The first-order valence-electron chi connectivity index (χ1n) is 7.22. The number of ether oxygens (including phenoxy) is 1. The van der Waals surface area contributed by atoms with Gasteiger partial charge < -0.3 is 15.4 Å². The fourth-order valence-electron chi connectivity index (χ4n) is 2.85. The molecular formula is C15H19N3O3. The van der Waals surface area contributed by atoms with Crippen LogP contribution in [-0.2, 0) is 9.59 Å². The van der Waals surface area contributed by atoms with Crippen molar-refractivity contribution in [2.75, 3.05) is 30.3 Å². The Labute approximate surface area is 123 Å². The molecule has 1 atom stereocenters. The molecule has 1 unspecified atom stereocenters. The zero-order valence-electron chi connectivity index (χ0n) is 12.0. The first-order chi connectivity index (χ1) is 10.1. The fourth-order valence-corrected chi connectivity index (χ4v) is 2.85. The molecular weight excluding hydrogens is 270 g/mol. The summed E-state index contributed by atoms with van der Waals surface area (Å²) in [5, 5.41) is 0. The minimum atomic E-state index is -0.606. The van der Waals surface area contributed by atoms with Gasteiger partial charge in [-0.25, -0.2) is 0 Å². The topological polar surface area (TPSA) is 75.9 Å². The molecule has 1 aromatic carbocycles. The first kappa shape index (κ1) is 13.7. The summed E-state index contributed by atoms with van der Waals surface area (Å²) in [7, 11) is 0. The number of benzene rings is 1. The van der Waals surface area contributed by atoms with Crippen LogP contribution in [0.25, 0.3) is 0 Å². The van der Waals surface area contributed by atoms with Gasteiger partial charge in [0.05, 0.1) is 5.69 Å². The van der Waals surface area contributed by atoms with Crippen molar-refractivity contribution in [1.82, 2.24) is 4.90 Å². The van der Waals surface area contributed by atoms with E-state index in [1.165, 1.54) is 4.90 Å². The zero-order valence-corrected chi connectivity index (χ0v) is 12.0. The Balaban J connectivity index is 1.89. The Bertz CT molecular complexity index is 582. The van der Waals surface area contributed by atoms with Crippen LogP contribution >= 0.6 is 0 Å². The molecule has 112 valence electrons. The van der Waals surface area contributed by atoms with Crippen molar-refractivity contribution in [2.45, 2.75) is 25.9 Å². The van der Waals surface area contributed by atoms with E-state index in [1.54, 1.807) is 30.0 Å². The summed E-state index contributed by atoms with van der Waals surface area (Å²) >= 11 is 0. The second kappa shape index (κ2) is 5.27. The Hall–Kier alpha value is -2.24. The molecule has 2 aliphatic rings. The smallest absolute Gasteiger partial charge is 0.268 e. The van der Waals surface area contributed by atoms with Gasteiger partial charge in [0.2, 0.25) is 5.91 Å². The van der Waals surface area contributed by atoms with Crippen LogP contribution < -0.4 is 15.4 Å². The molecule has 2 N–H and O–H groups in total. The maximum atomic E-state index is 12.4. The molecule has 0 aliphatic carbocycles. The molecule has 0 spiro atoms. The van der Waals surface area contributed by atoms with E-state index in [2.05, 4.69) is 0 Å². The minimum absolute atomic E-state index is 0.0216. The van der Waals surface area contributed by atoms with Crippen molar-refractivity contribution >= 4 is 23.2 Å². The number of rotatable bonds is 2. The van der Waals surface area contributed by atoms with Crippen molar-refractivity contribution in [3.8, 4) is 5.75 Å². The lowest BCUT2D eigenvalue weighted by Crippen LogP contribution is -2.49. The van der Waals surface area contributed by atoms with Crippen molar-refractivity contribution < 1.29 is 14.3 Å². The van der Waals surface area contributed by atoms with Crippen LogP contribution in [0, 0.1) is 0 Å². The van der Waals surface area contributed by atoms with E-state index in [0.717, 1.165) is 25.9 Å². The number of hydrogen-bond acceptors (Lipinski definition) is 4. The van der Waals surface area contributed by atoms with E-state index in [1.807, 2.05) is 0 Å². The van der Waals surface area contributed by atoms with Gasteiger partial charge in [0.1, 0.15) is 18.0 Å². The van der Waals surface area contributed by atoms with E-state index >= 15 is 0 Å². The summed E-state index contributed by atoms with van der Waals surface area (Å²) in [4.78, 5) is 28.0. The first-order valence-corrected chi connectivity index (χ1v) is 7.22. The lowest BCUT2D eigenvalue weighted by molar-refractivity contribution is -0.132. The van der Waals surface area contributed by atoms with Crippen LogP contribution in [0.3, 0.4) is 0 Å². The van der Waals surface area contributed by atoms with Gasteiger partial charge in [0.15, 0.2) is 6.10 Å². The molecule has 1 aromatic rings. The molecule has 21 heavy (non-hydrogen) atoms. The molecule has 0 aromatic heterocycles. The van der Waals surface area contributed by atoms with Gasteiger partial charge in [-0.05, 0) is 31.9 Å². The molecule has 0 radical (unpaired) electrons. The van der Waals surface area contributed by atoms with Crippen LogP contribution in [0.15, 0.2) is 18.2 Å². The number of nitrogens with two attached hydrogens (primary N) is 1. The number of fused-ring (bicyclic) bond motifs is 1. The van der Waals surface area contributed by atoms with Gasteiger partial charge in [-0.3, -0.25) is 14.5 Å². The molecule has 3 rings (SSSR count). The summed E-state index contributed by atoms with van der Waals surface area (Å²) in [6, 6.07) is 5.25. The van der Waals surface area contributed by atoms with Crippen LogP contribution in [0.2, 0.25) is 0 Å². The highest BCUT2D eigenvalue weighted by molar-refractivity contribution is 6.06. The molecule has 2 heterocycles. The Morgan fingerprint density at radius 2 is 2.10 bits per heavy atom. The monoisotopic (exact) mass is 289 g/mol. The molecule has 0 bridgehead atoms. The Morgan fingerprint density at radius 3 is 2.81 bits per heavy atom. The van der Waals surface area contributed by atoms with Crippen molar-refractivity contribution in [3.63, 3.8) is 0 Å². The van der Waals surface area contributed by atoms with Gasteiger partial charge in [0.25, 0.3) is 5.91 Å². The van der Waals surface area contributed by atoms with Crippen molar-refractivity contribution in [2.24, 2.45) is 0 Å². The van der Waals surface area contributed by atoms with Crippen LogP contribution in [0.1, 0.15) is 19.8 Å². The van der Waals surface area contributed by atoms with Gasteiger partial charge in [-0.2, -0.15) is 0 Å². The number of nitrogens with zero attached hydrogens (tertiary/aromatic N) is 2. The zero-order chi connectivity index (χ0) is 15.0. The summed E-state index contributed by atoms with van der Waals surface area (Å²) in [5.74, 6) is 0.286. The van der Waals surface area contributed by atoms with Gasteiger partial charge >= 0.3 is 0 Å². The summed E-state index contributed by atoms with van der Waals surface area (Å²) in [6.45, 7) is 3.24. The molecule has 6 heteroatoms. The average Bonchev–Trinajstić information content (AvgIpc) is 2.98. The predicted molar refractivity (Wildman–Crippen MR) is 79.1 cm³/mol. The molecule has 2 aliphatic heterocycles. The highest BCUT2D eigenvalue weighted by atomic mass is 16.5. The maximum absolute atomic E-state index is 12.4. The largest absolute Gasteiger partial charge is 0.479 e. The third-order valence-electron chi connectivity index (χ3n) is 3.97. The standard InChI is InChI=1S/C15H19N3O3/c1-10-15(20)18(9-13(19)17-7-2-3-8-17)14-11(16)5-4-6-12(14)21-10/h4-6,10H,2-3,7-9,16H2,1H3. The third-order valence-corrected chi connectivity index (χ3v) is 3.97. The maximum Gasteiger partial charge on any atom is 0.268 e. The second-order valence-electron chi connectivity index (χ2n) is 5.47. The number of carbonyl (C=O) groups excluding carboxylic acids is 2. The molecule has 1 saturated heterocycles. The fraction of sp³-hybridized carbons (Fsp3) is 0.467. The van der Waals surface area contributed by atoms with Crippen LogP contribution in [0.4, 0.5) is 11.4 Å². The van der Waals surface area contributed by atoms with Crippen molar-refractivity contribution in [1.29, 1.82) is 0 Å².